The number of rotatable bonds is 5. The quantitative estimate of drug-likeness (QED) is 0.899. The highest BCUT2D eigenvalue weighted by atomic mass is 16.6. The maximum Gasteiger partial charge on any atom is 0.410 e. The number of hydrogen-bond donors (Lipinski definition) is 1. The summed E-state index contributed by atoms with van der Waals surface area (Å²) in [6.45, 7) is 4.87. The van der Waals surface area contributed by atoms with Crippen molar-refractivity contribution in [2.75, 3.05) is 13.1 Å². The minimum absolute atomic E-state index is 0.226. The van der Waals surface area contributed by atoms with E-state index >= 15 is 0 Å². The number of ether oxygens (including phenoxy) is 1. The summed E-state index contributed by atoms with van der Waals surface area (Å²) in [5.41, 5.74) is 3.38. The minimum Gasteiger partial charge on any atom is -0.445 e. The summed E-state index contributed by atoms with van der Waals surface area (Å²) in [5, 5.41) is 3.36. The van der Waals surface area contributed by atoms with Crippen LogP contribution in [0.1, 0.15) is 29.5 Å². The predicted molar refractivity (Wildman–Crippen MR) is 99.2 cm³/mol. The number of nitrogens with zero attached hydrogens (tertiary/aromatic N) is 1. The minimum atomic E-state index is -0.226. The number of carbonyl (C=O) groups is 1. The van der Waals surface area contributed by atoms with Crippen LogP contribution in [0.5, 0.6) is 0 Å². The zero-order valence-electron chi connectivity index (χ0n) is 14.8. The third kappa shape index (κ3) is 5.07. The fourth-order valence-electron chi connectivity index (χ4n) is 3.15. The van der Waals surface area contributed by atoms with E-state index in [9.17, 15) is 4.79 Å². The molecule has 0 saturated carbocycles. The summed E-state index contributed by atoms with van der Waals surface area (Å²) < 4.78 is 5.61. The molecule has 0 atom stereocenters. The van der Waals surface area contributed by atoms with Gasteiger partial charge >= 0.3 is 6.09 Å². The first-order chi connectivity index (χ1) is 12.2. The third-order valence-electron chi connectivity index (χ3n) is 4.66. The van der Waals surface area contributed by atoms with Gasteiger partial charge in [-0.2, -0.15) is 0 Å². The van der Waals surface area contributed by atoms with E-state index in [1.165, 1.54) is 5.56 Å². The molecule has 1 N–H and O–H groups in total. The highest BCUT2D eigenvalue weighted by Gasteiger charge is 2.26. The van der Waals surface area contributed by atoms with Crippen molar-refractivity contribution in [1.82, 2.24) is 10.2 Å². The highest BCUT2D eigenvalue weighted by molar-refractivity contribution is 5.68. The molecule has 2 aromatic carbocycles. The maximum atomic E-state index is 12.8. The Hall–Kier alpha value is -2.33. The Morgan fingerprint density at radius 2 is 1.72 bits per heavy atom. The van der Waals surface area contributed by atoms with Gasteiger partial charge in [-0.3, -0.25) is 0 Å². The number of hydrogen-bond acceptors (Lipinski definition) is 3. The largest absolute Gasteiger partial charge is 0.445 e. The van der Waals surface area contributed by atoms with Gasteiger partial charge in [-0.25, -0.2) is 4.79 Å². The predicted octanol–water partition coefficient (Wildman–Crippen LogP) is 3.89. The fourth-order valence-corrected chi connectivity index (χ4v) is 3.15. The summed E-state index contributed by atoms with van der Waals surface area (Å²) in [5.74, 6) is 0. The molecule has 0 radical (unpaired) electrons. The molecular weight excluding hydrogens is 312 g/mol. The summed E-state index contributed by atoms with van der Waals surface area (Å²) in [6.07, 6.45) is 1.70. The molecular formula is C21H26N2O2. The van der Waals surface area contributed by atoms with E-state index in [1.807, 2.05) is 35.2 Å². The summed E-state index contributed by atoms with van der Waals surface area (Å²) in [6, 6.07) is 18.4. The van der Waals surface area contributed by atoms with Crippen LogP contribution in [-0.4, -0.2) is 30.1 Å². The van der Waals surface area contributed by atoms with Gasteiger partial charge in [0.2, 0.25) is 0 Å². The summed E-state index contributed by atoms with van der Waals surface area (Å²) in [4.78, 5) is 14.7. The first kappa shape index (κ1) is 17.5. The number of amides is 1. The van der Waals surface area contributed by atoms with E-state index in [-0.39, 0.29) is 12.1 Å². The molecule has 132 valence electrons. The Bertz CT molecular complexity index is 664. The molecule has 0 aromatic heterocycles. The van der Waals surface area contributed by atoms with Crippen LogP contribution in [0.4, 0.5) is 4.79 Å². The van der Waals surface area contributed by atoms with Crippen molar-refractivity contribution in [3.8, 4) is 0 Å². The number of piperidine rings is 1. The van der Waals surface area contributed by atoms with E-state index in [0.717, 1.165) is 37.1 Å². The molecule has 0 aliphatic carbocycles. The Balaban J connectivity index is 1.68. The lowest BCUT2D eigenvalue weighted by Gasteiger charge is -2.34. The average molecular weight is 338 g/mol. The molecule has 1 saturated heterocycles. The average Bonchev–Trinajstić information content (AvgIpc) is 2.67. The van der Waals surface area contributed by atoms with Crippen molar-refractivity contribution >= 4 is 6.09 Å². The van der Waals surface area contributed by atoms with Crippen LogP contribution in [0.3, 0.4) is 0 Å². The van der Waals surface area contributed by atoms with Gasteiger partial charge in [0, 0.05) is 12.6 Å². The Labute approximate surface area is 149 Å². The molecule has 0 spiro atoms. The molecule has 4 heteroatoms. The van der Waals surface area contributed by atoms with Gasteiger partial charge in [-0.15, -0.1) is 0 Å². The van der Waals surface area contributed by atoms with Gasteiger partial charge in [-0.05, 0) is 44.0 Å². The van der Waals surface area contributed by atoms with Crippen LogP contribution in [0.25, 0.3) is 0 Å². The normalized spacial score (nSPS) is 14.9. The Morgan fingerprint density at radius 3 is 2.40 bits per heavy atom. The van der Waals surface area contributed by atoms with Gasteiger partial charge < -0.3 is 15.0 Å². The third-order valence-corrected chi connectivity index (χ3v) is 4.66. The maximum absolute atomic E-state index is 12.8. The SMILES string of the molecule is Cc1ccc(CN(C(=O)OCc2ccccc2)C2CCNCC2)cc1. The zero-order valence-corrected chi connectivity index (χ0v) is 14.8. The van der Waals surface area contributed by atoms with Crippen LogP contribution >= 0.6 is 0 Å². The topological polar surface area (TPSA) is 41.6 Å². The summed E-state index contributed by atoms with van der Waals surface area (Å²) >= 11 is 0. The first-order valence-corrected chi connectivity index (χ1v) is 8.96. The standard InChI is InChI=1S/C21H26N2O2/c1-17-7-9-18(10-8-17)15-23(20-11-13-22-14-12-20)21(24)25-16-19-5-3-2-4-6-19/h2-10,20,22H,11-16H2,1H3. The van der Waals surface area contributed by atoms with E-state index in [1.54, 1.807) is 0 Å². The van der Waals surface area contributed by atoms with Gasteiger partial charge in [0.15, 0.2) is 0 Å². The van der Waals surface area contributed by atoms with Crippen molar-refractivity contribution in [3.63, 3.8) is 0 Å². The number of nitrogens with one attached hydrogen (secondary N) is 1. The van der Waals surface area contributed by atoms with Gasteiger partial charge in [0.05, 0.1) is 0 Å². The molecule has 1 fully saturated rings. The number of aryl methyl sites for hydroxylation is 1. The second-order valence-electron chi connectivity index (χ2n) is 6.63. The molecule has 2 aromatic rings. The van der Waals surface area contributed by atoms with Crippen molar-refractivity contribution in [1.29, 1.82) is 0 Å². The van der Waals surface area contributed by atoms with Crippen LogP contribution in [0.15, 0.2) is 54.6 Å². The fraction of sp³-hybridized carbons (Fsp3) is 0.381. The molecule has 0 bridgehead atoms. The smallest absolute Gasteiger partial charge is 0.410 e. The monoisotopic (exact) mass is 338 g/mol. The van der Waals surface area contributed by atoms with Gasteiger partial charge in [0.1, 0.15) is 6.61 Å². The molecule has 1 amide bonds. The molecule has 1 aliphatic heterocycles. The lowest BCUT2D eigenvalue weighted by Crippen LogP contribution is -2.45. The molecule has 1 heterocycles. The highest BCUT2D eigenvalue weighted by Crippen LogP contribution is 2.18. The van der Waals surface area contributed by atoms with Gasteiger partial charge in [-0.1, -0.05) is 60.2 Å². The van der Waals surface area contributed by atoms with E-state index in [0.29, 0.717) is 13.2 Å². The summed E-state index contributed by atoms with van der Waals surface area (Å²) in [7, 11) is 0. The Kier molecular flexibility index (Phi) is 6.07. The van der Waals surface area contributed by atoms with E-state index in [2.05, 4.69) is 36.5 Å². The molecule has 1 aliphatic rings. The van der Waals surface area contributed by atoms with E-state index in [4.69, 9.17) is 4.74 Å². The number of benzene rings is 2. The lowest BCUT2D eigenvalue weighted by atomic mass is 10.0. The number of carbonyl (C=O) groups excluding carboxylic acids is 1. The van der Waals surface area contributed by atoms with Crippen molar-refractivity contribution in [3.05, 3.63) is 71.3 Å². The van der Waals surface area contributed by atoms with Crippen LogP contribution in [0.2, 0.25) is 0 Å². The lowest BCUT2D eigenvalue weighted by molar-refractivity contribution is 0.0699. The zero-order chi connectivity index (χ0) is 17.5. The molecule has 4 nitrogen and oxygen atoms in total. The second-order valence-corrected chi connectivity index (χ2v) is 6.63. The van der Waals surface area contributed by atoms with Crippen LogP contribution in [0, 0.1) is 6.92 Å². The molecule has 25 heavy (non-hydrogen) atoms. The van der Waals surface area contributed by atoms with Gasteiger partial charge in [0.25, 0.3) is 0 Å². The molecule has 3 rings (SSSR count). The molecule has 0 unspecified atom stereocenters. The first-order valence-electron chi connectivity index (χ1n) is 8.96. The Morgan fingerprint density at radius 1 is 1.04 bits per heavy atom. The van der Waals surface area contributed by atoms with Crippen molar-refractivity contribution < 1.29 is 9.53 Å². The van der Waals surface area contributed by atoms with Crippen LogP contribution < -0.4 is 5.32 Å². The second kappa shape index (κ2) is 8.67. The van der Waals surface area contributed by atoms with Crippen LogP contribution in [-0.2, 0) is 17.9 Å². The van der Waals surface area contributed by atoms with Crippen molar-refractivity contribution in [2.24, 2.45) is 0 Å². The van der Waals surface area contributed by atoms with Crippen molar-refractivity contribution in [2.45, 2.75) is 39.0 Å². The van der Waals surface area contributed by atoms with E-state index < -0.39 is 0 Å².